The molecule has 4 nitrogen and oxygen atoms in total. The molecular formula is C16H23NO3. The van der Waals surface area contributed by atoms with E-state index >= 15 is 0 Å². The molecule has 1 aliphatic rings. The van der Waals surface area contributed by atoms with E-state index in [2.05, 4.69) is 11.8 Å². The van der Waals surface area contributed by atoms with E-state index in [-0.39, 0.29) is 0 Å². The molecule has 0 amide bonds. The Hall–Kier alpha value is -1.55. The fourth-order valence-electron chi connectivity index (χ4n) is 2.41. The number of carbonyl (C=O) groups is 1. The van der Waals surface area contributed by atoms with E-state index in [1.807, 2.05) is 24.3 Å². The Bertz CT molecular complexity index is 436. The van der Waals surface area contributed by atoms with Gasteiger partial charge in [-0.25, -0.2) is 4.79 Å². The summed E-state index contributed by atoms with van der Waals surface area (Å²) < 4.78 is 5.32. The van der Waals surface area contributed by atoms with Gasteiger partial charge in [0.05, 0.1) is 0 Å². The molecule has 1 aromatic carbocycles. The Kier molecular flexibility index (Phi) is 5.01. The highest BCUT2D eigenvalue weighted by atomic mass is 16.5. The van der Waals surface area contributed by atoms with Crippen LogP contribution < -0.4 is 4.74 Å². The molecule has 20 heavy (non-hydrogen) atoms. The zero-order valence-corrected chi connectivity index (χ0v) is 12.2. The van der Waals surface area contributed by atoms with E-state index in [1.54, 1.807) is 0 Å². The van der Waals surface area contributed by atoms with E-state index in [0.717, 1.165) is 25.6 Å². The second-order valence-electron chi connectivity index (χ2n) is 5.70. The van der Waals surface area contributed by atoms with E-state index < -0.39 is 12.1 Å². The lowest BCUT2D eigenvalue weighted by atomic mass is 9.99. The van der Waals surface area contributed by atoms with Crippen LogP contribution in [0.3, 0.4) is 0 Å². The lowest BCUT2D eigenvalue weighted by Crippen LogP contribution is -2.32. The number of hydrogen-bond donors (Lipinski definition) is 1. The summed E-state index contributed by atoms with van der Waals surface area (Å²) in [6.07, 6.45) is 1.73. The van der Waals surface area contributed by atoms with Gasteiger partial charge < -0.3 is 9.84 Å². The molecule has 4 heteroatoms. The second kappa shape index (κ2) is 6.75. The van der Waals surface area contributed by atoms with Crippen molar-refractivity contribution in [1.82, 2.24) is 4.90 Å². The van der Waals surface area contributed by atoms with Gasteiger partial charge >= 0.3 is 5.97 Å². The predicted molar refractivity (Wildman–Crippen MR) is 77.8 cm³/mol. The second-order valence-corrected chi connectivity index (χ2v) is 5.70. The van der Waals surface area contributed by atoms with Crippen LogP contribution in [0.15, 0.2) is 24.3 Å². The van der Waals surface area contributed by atoms with Gasteiger partial charge in [0.15, 0.2) is 6.10 Å². The molecule has 0 aliphatic carbocycles. The summed E-state index contributed by atoms with van der Waals surface area (Å²) in [6, 6.07) is 7.73. The zero-order valence-electron chi connectivity index (χ0n) is 12.2. The summed E-state index contributed by atoms with van der Waals surface area (Å²) in [4.78, 5) is 13.2. The largest absolute Gasteiger partial charge is 0.479 e. The maximum atomic E-state index is 10.7. The minimum atomic E-state index is -0.948. The number of rotatable bonds is 5. The topological polar surface area (TPSA) is 49.8 Å². The van der Waals surface area contributed by atoms with Crippen LogP contribution in [0.1, 0.15) is 32.3 Å². The van der Waals surface area contributed by atoms with Gasteiger partial charge in [-0.3, -0.25) is 4.90 Å². The van der Waals surface area contributed by atoms with Gasteiger partial charge in [-0.1, -0.05) is 19.1 Å². The van der Waals surface area contributed by atoms with Crippen LogP contribution >= 0.6 is 0 Å². The number of benzene rings is 1. The Morgan fingerprint density at radius 1 is 1.35 bits per heavy atom. The highest BCUT2D eigenvalue weighted by Gasteiger charge is 2.16. The van der Waals surface area contributed by atoms with E-state index in [0.29, 0.717) is 5.75 Å². The highest BCUT2D eigenvalue weighted by Crippen LogP contribution is 2.19. The molecule has 2 rings (SSSR count). The van der Waals surface area contributed by atoms with Crippen molar-refractivity contribution in [3.8, 4) is 5.75 Å². The average molecular weight is 277 g/mol. The van der Waals surface area contributed by atoms with Crippen LogP contribution in [0.25, 0.3) is 0 Å². The Labute approximate surface area is 120 Å². The molecule has 1 unspecified atom stereocenters. The SMILES string of the molecule is CC1CCN(Cc2ccc(OC(C)C(=O)O)cc2)CC1. The molecule has 1 heterocycles. The van der Waals surface area contributed by atoms with Crippen molar-refractivity contribution in [2.75, 3.05) is 13.1 Å². The van der Waals surface area contributed by atoms with Gasteiger partial charge in [-0.05, 0) is 56.5 Å². The summed E-state index contributed by atoms with van der Waals surface area (Å²) in [6.45, 7) is 7.13. The molecule has 1 aliphatic heterocycles. The first-order valence-corrected chi connectivity index (χ1v) is 7.25. The third-order valence-electron chi connectivity index (χ3n) is 3.87. The van der Waals surface area contributed by atoms with Crippen molar-refractivity contribution < 1.29 is 14.6 Å². The summed E-state index contributed by atoms with van der Waals surface area (Å²) in [5.41, 5.74) is 1.25. The number of carboxylic acids is 1. The first kappa shape index (κ1) is 14.9. The number of nitrogens with zero attached hydrogens (tertiary/aromatic N) is 1. The van der Waals surface area contributed by atoms with Gasteiger partial charge in [-0.2, -0.15) is 0 Å². The van der Waals surface area contributed by atoms with E-state index in [1.165, 1.54) is 25.3 Å². The lowest BCUT2D eigenvalue weighted by molar-refractivity contribution is -0.144. The Morgan fingerprint density at radius 2 is 1.95 bits per heavy atom. The molecule has 1 aromatic rings. The summed E-state index contributed by atoms with van der Waals surface area (Å²) >= 11 is 0. The number of carboxylic acid groups (broad SMARTS) is 1. The number of ether oxygens (including phenoxy) is 1. The average Bonchev–Trinajstić information content (AvgIpc) is 2.43. The summed E-state index contributed by atoms with van der Waals surface area (Å²) in [7, 11) is 0. The van der Waals surface area contributed by atoms with Gasteiger partial charge in [0.1, 0.15) is 5.75 Å². The molecule has 0 bridgehead atoms. The minimum Gasteiger partial charge on any atom is -0.479 e. The fraction of sp³-hybridized carbons (Fsp3) is 0.562. The molecule has 0 radical (unpaired) electrons. The van der Waals surface area contributed by atoms with Crippen molar-refractivity contribution in [1.29, 1.82) is 0 Å². The van der Waals surface area contributed by atoms with Crippen LogP contribution in [-0.4, -0.2) is 35.2 Å². The molecule has 110 valence electrons. The van der Waals surface area contributed by atoms with Crippen LogP contribution in [0, 0.1) is 5.92 Å². The van der Waals surface area contributed by atoms with Crippen molar-refractivity contribution in [2.24, 2.45) is 5.92 Å². The monoisotopic (exact) mass is 277 g/mol. The van der Waals surface area contributed by atoms with Crippen molar-refractivity contribution >= 4 is 5.97 Å². The number of likely N-dealkylation sites (tertiary alicyclic amines) is 1. The van der Waals surface area contributed by atoms with Crippen LogP contribution in [-0.2, 0) is 11.3 Å². The lowest BCUT2D eigenvalue weighted by Gasteiger charge is -2.30. The molecule has 1 saturated heterocycles. The van der Waals surface area contributed by atoms with Crippen LogP contribution in [0.2, 0.25) is 0 Å². The predicted octanol–water partition coefficient (Wildman–Crippen LogP) is 2.77. The summed E-state index contributed by atoms with van der Waals surface area (Å²) in [5, 5.41) is 8.80. The number of piperidine rings is 1. The number of hydrogen-bond acceptors (Lipinski definition) is 3. The quantitative estimate of drug-likeness (QED) is 0.899. The summed E-state index contributed by atoms with van der Waals surface area (Å²) in [5.74, 6) is 0.506. The maximum Gasteiger partial charge on any atom is 0.344 e. The minimum absolute atomic E-state index is 0.607. The van der Waals surface area contributed by atoms with E-state index in [4.69, 9.17) is 9.84 Å². The zero-order chi connectivity index (χ0) is 14.5. The molecule has 1 N–H and O–H groups in total. The Morgan fingerprint density at radius 3 is 2.50 bits per heavy atom. The molecule has 0 aromatic heterocycles. The van der Waals surface area contributed by atoms with Crippen molar-refractivity contribution in [3.63, 3.8) is 0 Å². The standard InChI is InChI=1S/C16H23NO3/c1-12-7-9-17(10-8-12)11-14-3-5-15(6-4-14)20-13(2)16(18)19/h3-6,12-13H,7-11H2,1-2H3,(H,18,19). The third kappa shape index (κ3) is 4.23. The van der Waals surface area contributed by atoms with Gasteiger partial charge in [0, 0.05) is 6.54 Å². The molecule has 1 atom stereocenters. The molecule has 1 fully saturated rings. The van der Waals surface area contributed by atoms with Crippen LogP contribution in [0.4, 0.5) is 0 Å². The molecule has 0 saturated carbocycles. The van der Waals surface area contributed by atoms with Gasteiger partial charge in [-0.15, -0.1) is 0 Å². The third-order valence-corrected chi connectivity index (χ3v) is 3.87. The van der Waals surface area contributed by atoms with Crippen molar-refractivity contribution in [2.45, 2.75) is 39.3 Å². The Balaban J connectivity index is 1.86. The molecular weight excluding hydrogens is 254 g/mol. The maximum absolute atomic E-state index is 10.7. The first-order valence-electron chi connectivity index (χ1n) is 7.25. The van der Waals surface area contributed by atoms with Gasteiger partial charge in [0.2, 0.25) is 0 Å². The normalized spacial score (nSPS) is 18.7. The van der Waals surface area contributed by atoms with E-state index in [9.17, 15) is 4.79 Å². The van der Waals surface area contributed by atoms with Gasteiger partial charge in [0.25, 0.3) is 0 Å². The van der Waals surface area contributed by atoms with Crippen LogP contribution in [0.5, 0.6) is 5.75 Å². The highest BCUT2D eigenvalue weighted by molar-refractivity contribution is 5.72. The number of aliphatic carboxylic acids is 1. The first-order chi connectivity index (χ1) is 9.54. The molecule has 0 spiro atoms. The fourth-order valence-corrected chi connectivity index (χ4v) is 2.41. The van der Waals surface area contributed by atoms with Crippen molar-refractivity contribution in [3.05, 3.63) is 29.8 Å². The smallest absolute Gasteiger partial charge is 0.344 e.